The summed E-state index contributed by atoms with van der Waals surface area (Å²) in [4.78, 5) is 27.4. The molecule has 1 aromatic carbocycles. The third-order valence-corrected chi connectivity index (χ3v) is 5.57. The zero-order valence-electron chi connectivity index (χ0n) is 14.0. The summed E-state index contributed by atoms with van der Waals surface area (Å²) in [7, 11) is 0. The molecule has 0 bridgehead atoms. The summed E-state index contributed by atoms with van der Waals surface area (Å²) in [5.41, 5.74) is 3.76. The van der Waals surface area contributed by atoms with Gasteiger partial charge in [0.25, 0.3) is 5.56 Å². The normalized spacial score (nSPS) is 17.8. The van der Waals surface area contributed by atoms with Crippen molar-refractivity contribution in [2.45, 2.75) is 57.8 Å². The van der Waals surface area contributed by atoms with Crippen molar-refractivity contribution in [1.29, 1.82) is 0 Å². The summed E-state index contributed by atoms with van der Waals surface area (Å²) < 4.78 is 0. The molecule has 4 heteroatoms. The van der Waals surface area contributed by atoms with Crippen LogP contribution < -0.4 is 10.9 Å². The predicted molar refractivity (Wildman–Crippen MR) is 96.4 cm³/mol. The van der Waals surface area contributed by atoms with Crippen LogP contribution in [0.1, 0.15) is 56.1 Å². The minimum Gasteiger partial charge on any atom is -0.326 e. The lowest BCUT2D eigenvalue weighted by atomic mass is 9.87. The van der Waals surface area contributed by atoms with Crippen LogP contribution in [0, 0.1) is 5.92 Å². The second-order valence-corrected chi connectivity index (χ2v) is 7.28. The Labute approximate surface area is 141 Å². The molecule has 126 valence electrons. The fraction of sp³-hybridized carbons (Fsp3) is 0.500. The van der Waals surface area contributed by atoms with Crippen molar-refractivity contribution in [2.75, 3.05) is 5.32 Å². The van der Waals surface area contributed by atoms with Gasteiger partial charge in [-0.05, 0) is 55.7 Å². The van der Waals surface area contributed by atoms with Crippen molar-refractivity contribution in [3.63, 3.8) is 0 Å². The molecule has 0 atom stereocenters. The van der Waals surface area contributed by atoms with Crippen LogP contribution in [-0.4, -0.2) is 10.9 Å². The van der Waals surface area contributed by atoms with E-state index in [0.717, 1.165) is 41.4 Å². The van der Waals surface area contributed by atoms with E-state index in [2.05, 4.69) is 10.3 Å². The molecule has 2 N–H and O–H groups in total. The van der Waals surface area contributed by atoms with Crippen LogP contribution in [0.5, 0.6) is 0 Å². The lowest BCUT2D eigenvalue weighted by Crippen LogP contribution is -2.18. The summed E-state index contributed by atoms with van der Waals surface area (Å²) in [5.74, 6) is 0.618. The van der Waals surface area contributed by atoms with Crippen LogP contribution in [0.15, 0.2) is 23.0 Å². The van der Waals surface area contributed by atoms with E-state index in [0.29, 0.717) is 12.3 Å². The zero-order chi connectivity index (χ0) is 16.5. The number of aromatic nitrogens is 1. The number of hydrogen-bond acceptors (Lipinski definition) is 2. The maximum absolute atomic E-state index is 12.3. The second-order valence-electron chi connectivity index (χ2n) is 7.28. The van der Waals surface area contributed by atoms with Crippen molar-refractivity contribution >= 4 is 22.5 Å². The van der Waals surface area contributed by atoms with Gasteiger partial charge in [0, 0.05) is 23.1 Å². The number of fused-ring (bicyclic) bond motifs is 3. The summed E-state index contributed by atoms with van der Waals surface area (Å²) in [6.45, 7) is 0. The molecule has 1 amide bonds. The Hall–Kier alpha value is -2.10. The number of H-pyrrole nitrogens is 1. The fourth-order valence-electron chi connectivity index (χ4n) is 4.34. The van der Waals surface area contributed by atoms with Crippen LogP contribution in [0.4, 0.5) is 5.69 Å². The van der Waals surface area contributed by atoms with E-state index < -0.39 is 0 Å². The lowest BCUT2D eigenvalue weighted by molar-refractivity contribution is -0.117. The summed E-state index contributed by atoms with van der Waals surface area (Å²) >= 11 is 0. The number of rotatable bonds is 3. The van der Waals surface area contributed by atoms with Gasteiger partial charge in [0.2, 0.25) is 5.91 Å². The molecule has 4 rings (SSSR count). The Morgan fingerprint density at radius 1 is 1.08 bits per heavy atom. The highest BCUT2D eigenvalue weighted by molar-refractivity contribution is 5.94. The first-order valence-corrected chi connectivity index (χ1v) is 9.18. The van der Waals surface area contributed by atoms with Gasteiger partial charge in [0.15, 0.2) is 0 Å². The average molecular weight is 324 g/mol. The quantitative estimate of drug-likeness (QED) is 0.898. The first-order valence-electron chi connectivity index (χ1n) is 9.18. The van der Waals surface area contributed by atoms with Gasteiger partial charge in [-0.2, -0.15) is 0 Å². The number of carbonyl (C=O) groups is 1. The van der Waals surface area contributed by atoms with E-state index in [-0.39, 0.29) is 11.5 Å². The molecule has 1 fully saturated rings. The molecule has 1 heterocycles. The summed E-state index contributed by atoms with van der Waals surface area (Å²) in [5, 5.41) is 4.13. The number of hydrogen-bond donors (Lipinski definition) is 2. The van der Waals surface area contributed by atoms with E-state index in [4.69, 9.17) is 0 Å². The van der Waals surface area contributed by atoms with E-state index in [1.807, 2.05) is 18.2 Å². The Morgan fingerprint density at radius 2 is 1.88 bits per heavy atom. The van der Waals surface area contributed by atoms with Crippen LogP contribution in [0.25, 0.3) is 10.9 Å². The second kappa shape index (κ2) is 6.42. The third kappa shape index (κ3) is 2.97. The van der Waals surface area contributed by atoms with Gasteiger partial charge in [0.1, 0.15) is 0 Å². The highest BCUT2D eigenvalue weighted by Crippen LogP contribution is 2.29. The van der Waals surface area contributed by atoms with Gasteiger partial charge < -0.3 is 10.3 Å². The number of aromatic amines is 1. The molecule has 1 saturated carbocycles. The Balaban J connectivity index is 1.53. The van der Waals surface area contributed by atoms with Crippen molar-refractivity contribution in [3.8, 4) is 0 Å². The fourth-order valence-corrected chi connectivity index (χ4v) is 4.34. The van der Waals surface area contributed by atoms with Gasteiger partial charge in [-0.1, -0.05) is 25.3 Å². The molecule has 4 nitrogen and oxygen atoms in total. The smallest absolute Gasteiger partial charge is 0.251 e. The standard InChI is InChI=1S/C20H24N2O2/c23-19(11-13-5-2-1-3-6-13)21-14-9-10-16-15-7-4-8-17(15)20(24)22-18(16)12-14/h9-10,12-13H,1-8,11H2,(H,21,23)(H,22,24). The van der Waals surface area contributed by atoms with E-state index in [1.54, 1.807) is 0 Å². The highest BCUT2D eigenvalue weighted by Gasteiger charge is 2.19. The van der Waals surface area contributed by atoms with Crippen molar-refractivity contribution in [2.24, 2.45) is 5.92 Å². The van der Waals surface area contributed by atoms with Crippen molar-refractivity contribution < 1.29 is 4.79 Å². The first-order chi connectivity index (χ1) is 11.7. The molecule has 1 aromatic heterocycles. The molecule has 2 aliphatic carbocycles. The Morgan fingerprint density at radius 3 is 2.71 bits per heavy atom. The number of aryl methyl sites for hydroxylation is 1. The monoisotopic (exact) mass is 324 g/mol. The molecular formula is C20H24N2O2. The summed E-state index contributed by atoms with van der Waals surface area (Å²) in [6, 6.07) is 5.89. The van der Waals surface area contributed by atoms with Gasteiger partial charge >= 0.3 is 0 Å². The number of nitrogens with one attached hydrogen (secondary N) is 2. The molecule has 2 aliphatic rings. The van der Waals surface area contributed by atoms with Gasteiger partial charge in [-0.25, -0.2) is 0 Å². The minimum absolute atomic E-state index is 0.0284. The van der Waals surface area contributed by atoms with E-state index in [1.165, 1.54) is 37.7 Å². The third-order valence-electron chi connectivity index (χ3n) is 5.57. The maximum atomic E-state index is 12.3. The molecule has 24 heavy (non-hydrogen) atoms. The van der Waals surface area contributed by atoms with Crippen LogP contribution in [0.2, 0.25) is 0 Å². The highest BCUT2D eigenvalue weighted by atomic mass is 16.1. The SMILES string of the molecule is O=C(CC1CCCCC1)Nc1ccc2c3c(c(=O)[nH]c2c1)CCC3. The molecular weight excluding hydrogens is 300 g/mol. The van der Waals surface area contributed by atoms with E-state index in [9.17, 15) is 9.59 Å². The molecule has 0 spiro atoms. The number of benzene rings is 1. The van der Waals surface area contributed by atoms with Crippen LogP contribution >= 0.6 is 0 Å². The van der Waals surface area contributed by atoms with Gasteiger partial charge in [-0.3, -0.25) is 9.59 Å². The van der Waals surface area contributed by atoms with Gasteiger partial charge in [-0.15, -0.1) is 0 Å². The van der Waals surface area contributed by atoms with Crippen LogP contribution in [-0.2, 0) is 17.6 Å². The maximum Gasteiger partial charge on any atom is 0.251 e. The van der Waals surface area contributed by atoms with Crippen molar-refractivity contribution in [3.05, 3.63) is 39.7 Å². The number of anilines is 1. The van der Waals surface area contributed by atoms with Crippen molar-refractivity contribution in [1.82, 2.24) is 4.98 Å². The molecule has 2 aromatic rings. The zero-order valence-corrected chi connectivity index (χ0v) is 14.0. The Bertz CT molecular complexity index is 831. The molecule has 0 unspecified atom stereocenters. The topological polar surface area (TPSA) is 62.0 Å². The first kappa shape index (κ1) is 15.4. The lowest BCUT2D eigenvalue weighted by Gasteiger charge is -2.20. The predicted octanol–water partition coefficient (Wildman–Crippen LogP) is 3.93. The number of carbonyl (C=O) groups excluding carboxylic acids is 1. The summed E-state index contributed by atoms with van der Waals surface area (Å²) in [6.07, 6.45) is 9.66. The Kier molecular flexibility index (Phi) is 4.13. The molecule has 0 saturated heterocycles. The molecule has 0 radical (unpaired) electrons. The molecule has 0 aliphatic heterocycles. The minimum atomic E-state index is 0.0284. The van der Waals surface area contributed by atoms with E-state index >= 15 is 0 Å². The van der Waals surface area contributed by atoms with Crippen LogP contribution in [0.3, 0.4) is 0 Å². The average Bonchev–Trinajstić information content (AvgIpc) is 3.06. The largest absolute Gasteiger partial charge is 0.326 e. The number of pyridine rings is 1. The number of amides is 1. The van der Waals surface area contributed by atoms with Gasteiger partial charge in [0.05, 0.1) is 5.52 Å².